The van der Waals surface area contributed by atoms with Crippen LogP contribution in [-0.2, 0) is 14.3 Å². The van der Waals surface area contributed by atoms with Crippen LogP contribution in [-0.4, -0.2) is 42.4 Å². The fraction of sp³-hybridized carbons (Fsp3) is 0.346. The first-order valence-corrected chi connectivity index (χ1v) is 11.3. The summed E-state index contributed by atoms with van der Waals surface area (Å²) in [6.07, 6.45) is 2.71. The smallest absolute Gasteiger partial charge is 0.338 e. The summed E-state index contributed by atoms with van der Waals surface area (Å²) in [5.41, 5.74) is 1.86. The molecule has 1 unspecified atom stereocenters. The van der Waals surface area contributed by atoms with Gasteiger partial charge in [-0.1, -0.05) is 26.0 Å². The molecule has 2 amide bonds. The number of nitrogens with zero attached hydrogens (tertiary/aromatic N) is 2. The minimum Gasteiger partial charge on any atom is -0.462 e. The molecule has 4 rings (SSSR count). The highest BCUT2D eigenvalue weighted by atomic mass is 19.1. The molecule has 0 N–H and O–H groups in total. The summed E-state index contributed by atoms with van der Waals surface area (Å²) < 4.78 is 18.7. The number of halogens is 1. The quantitative estimate of drug-likeness (QED) is 0.482. The lowest BCUT2D eigenvalue weighted by Crippen LogP contribution is -2.39. The molecule has 0 aromatic heterocycles. The molecule has 2 aromatic rings. The molecule has 0 bridgehead atoms. The van der Waals surface area contributed by atoms with E-state index >= 15 is 0 Å². The van der Waals surface area contributed by atoms with Crippen molar-refractivity contribution >= 4 is 29.0 Å². The van der Waals surface area contributed by atoms with Gasteiger partial charge in [-0.25, -0.2) is 14.1 Å². The Balaban J connectivity index is 1.69. The first-order chi connectivity index (χ1) is 15.9. The van der Waals surface area contributed by atoms with Crippen molar-refractivity contribution in [1.82, 2.24) is 4.90 Å². The monoisotopic (exact) mass is 450 g/mol. The third-order valence-electron chi connectivity index (χ3n) is 5.96. The first-order valence-electron chi connectivity index (χ1n) is 11.3. The number of carbonyl (C=O) groups is 3. The van der Waals surface area contributed by atoms with Gasteiger partial charge in [-0.05, 0) is 67.1 Å². The number of hydrogen-bond acceptors (Lipinski definition) is 5. The highest BCUT2D eigenvalue weighted by Crippen LogP contribution is 2.36. The highest BCUT2D eigenvalue weighted by Gasteiger charge is 2.43. The second-order valence-corrected chi connectivity index (χ2v) is 8.55. The van der Waals surface area contributed by atoms with Gasteiger partial charge in [0, 0.05) is 13.1 Å². The molecule has 1 saturated heterocycles. The Labute approximate surface area is 192 Å². The average Bonchev–Trinajstić information content (AvgIpc) is 3.08. The van der Waals surface area contributed by atoms with E-state index in [-0.39, 0.29) is 5.57 Å². The molecule has 2 aromatic carbocycles. The summed E-state index contributed by atoms with van der Waals surface area (Å²) in [5.74, 6) is -1.33. The van der Waals surface area contributed by atoms with Crippen LogP contribution < -0.4 is 4.90 Å². The van der Waals surface area contributed by atoms with Crippen molar-refractivity contribution < 1.29 is 23.5 Å². The number of amides is 2. The van der Waals surface area contributed by atoms with Gasteiger partial charge in [0.25, 0.3) is 11.8 Å². The zero-order chi connectivity index (χ0) is 23.5. The van der Waals surface area contributed by atoms with Crippen LogP contribution in [0.2, 0.25) is 0 Å². The van der Waals surface area contributed by atoms with Crippen molar-refractivity contribution in [3.05, 3.63) is 71.2 Å². The summed E-state index contributed by atoms with van der Waals surface area (Å²) >= 11 is 0. The Kier molecular flexibility index (Phi) is 6.58. The maximum absolute atomic E-state index is 13.6. The van der Waals surface area contributed by atoms with Gasteiger partial charge in [-0.3, -0.25) is 9.59 Å². The van der Waals surface area contributed by atoms with Gasteiger partial charge in [-0.2, -0.15) is 0 Å². The molecule has 1 fully saturated rings. The second kappa shape index (κ2) is 9.57. The van der Waals surface area contributed by atoms with E-state index in [4.69, 9.17) is 4.74 Å². The van der Waals surface area contributed by atoms with Crippen molar-refractivity contribution in [2.45, 2.75) is 33.1 Å². The lowest BCUT2D eigenvalue weighted by atomic mass is 9.98. The topological polar surface area (TPSA) is 66.9 Å². The zero-order valence-electron chi connectivity index (χ0n) is 18.8. The molecular formula is C26H27FN2O4. The van der Waals surface area contributed by atoms with Crippen molar-refractivity contribution in [2.24, 2.45) is 5.92 Å². The Hall–Kier alpha value is -3.48. The van der Waals surface area contributed by atoms with Crippen molar-refractivity contribution in [3.8, 4) is 0 Å². The minimum atomic E-state index is -0.457. The fourth-order valence-corrected chi connectivity index (χ4v) is 4.34. The van der Waals surface area contributed by atoms with Crippen molar-refractivity contribution in [2.75, 3.05) is 24.6 Å². The molecular weight excluding hydrogens is 423 g/mol. The number of rotatable bonds is 6. The van der Waals surface area contributed by atoms with E-state index in [2.05, 4.69) is 6.92 Å². The lowest BCUT2D eigenvalue weighted by molar-refractivity contribution is -0.120. The fourth-order valence-electron chi connectivity index (χ4n) is 4.34. The maximum Gasteiger partial charge on any atom is 0.338 e. The van der Waals surface area contributed by atoms with Crippen LogP contribution in [0.15, 0.2) is 54.2 Å². The number of piperidine rings is 1. The maximum atomic E-state index is 13.6. The molecule has 0 aliphatic carbocycles. The number of esters is 1. The van der Waals surface area contributed by atoms with Crippen LogP contribution in [0.3, 0.4) is 0 Å². The predicted molar refractivity (Wildman–Crippen MR) is 123 cm³/mol. The molecule has 7 heteroatoms. The molecule has 2 aliphatic rings. The summed E-state index contributed by atoms with van der Waals surface area (Å²) in [6, 6.07) is 11.9. The molecule has 33 heavy (non-hydrogen) atoms. The molecule has 1 atom stereocenters. The molecule has 2 heterocycles. The molecule has 0 spiro atoms. The van der Waals surface area contributed by atoms with Crippen LogP contribution in [0, 0.1) is 11.7 Å². The molecule has 0 radical (unpaired) electrons. The van der Waals surface area contributed by atoms with E-state index in [1.54, 1.807) is 24.3 Å². The minimum absolute atomic E-state index is 0.278. The number of carbonyl (C=O) groups excluding carboxylic acids is 3. The van der Waals surface area contributed by atoms with Gasteiger partial charge in [-0.15, -0.1) is 0 Å². The van der Waals surface area contributed by atoms with Gasteiger partial charge in [0.2, 0.25) is 0 Å². The van der Waals surface area contributed by atoms with Crippen molar-refractivity contribution in [1.29, 1.82) is 0 Å². The molecule has 0 saturated carbocycles. The van der Waals surface area contributed by atoms with Gasteiger partial charge < -0.3 is 9.64 Å². The van der Waals surface area contributed by atoms with Crippen LogP contribution in [0.5, 0.6) is 0 Å². The number of anilines is 1. The van der Waals surface area contributed by atoms with Gasteiger partial charge >= 0.3 is 5.97 Å². The average molecular weight is 451 g/mol. The van der Waals surface area contributed by atoms with Gasteiger partial charge in [0.05, 0.1) is 23.4 Å². The summed E-state index contributed by atoms with van der Waals surface area (Å²) in [6.45, 7) is 5.72. The summed E-state index contributed by atoms with van der Waals surface area (Å²) in [4.78, 5) is 42.3. The summed E-state index contributed by atoms with van der Waals surface area (Å²) in [7, 11) is 0. The number of benzene rings is 2. The second-order valence-electron chi connectivity index (χ2n) is 8.55. The highest BCUT2D eigenvalue weighted by molar-refractivity contribution is 6.45. The van der Waals surface area contributed by atoms with Crippen LogP contribution >= 0.6 is 0 Å². The van der Waals surface area contributed by atoms with E-state index in [0.717, 1.165) is 24.2 Å². The Morgan fingerprint density at radius 1 is 1.06 bits per heavy atom. The summed E-state index contributed by atoms with van der Waals surface area (Å²) in [5, 5.41) is 0. The number of likely N-dealkylation sites (tertiary alicyclic amines) is 1. The van der Waals surface area contributed by atoms with Gasteiger partial charge in [0.15, 0.2) is 0 Å². The standard InChI is InChI=1S/C26H27FN2O4/c1-3-15-33-26(32)19-8-12-21(13-9-19)29-24(30)22(18-6-10-20(27)11-7-18)23(25(29)31)28-14-4-5-17(2)16-28/h6-13,17H,3-5,14-16H2,1-2H3. The molecule has 6 nitrogen and oxygen atoms in total. The first kappa shape index (κ1) is 22.7. The molecule has 2 aliphatic heterocycles. The van der Waals surface area contributed by atoms with E-state index in [9.17, 15) is 18.8 Å². The van der Waals surface area contributed by atoms with Crippen LogP contribution in [0.25, 0.3) is 5.57 Å². The normalized spacial score (nSPS) is 18.8. The van der Waals surface area contributed by atoms with E-state index in [0.29, 0.717) is 48.1 Å². The predicted octanol–water partition coefficient (Wildman–Crippen LogP) is 4.41. The largest absolute Gasteiger partial charge is 0.462 e. The van der Waals surface area contributed by atoms with E-state index in [1.165, 1.54) is 24.3 Å². The van der Waals surface area contributed by atoms with Gasteiger partial charge in [0.1, 0.15) is 11.5 Å². The van der Waals surface area contributed by atoms with Crippen LogP contribution in [0.1, 0.15) is 49.0 Å². The Morgan fingerprint density at radius 2 is 1.76 bits per heavy atom. The van der Waals surface area contributed by atoms with E-state index < -0.39 is 23.6 Å². The SMILES string of the molecule is CCCOC(=O)c1ccc(N2C(=O)C(c3ccc(F)cc3)=C(N3CCCC(C)C3)C2=O)cc1. The van der Waals surface area contributed by atoms with Crippen molar-refractivity contribution in [3.63, 3.8) is 0 Å². The number of imide groups is 1. The molecule has 172 valence electrons. The third-order valence-corrected chi connectivity index (χ3v) is 5.96. The zero-order valence-corrected chi connectivity index (χ0v) is 18.8. The Morgan fingerprint density at radius 3 is 2.39 bits per heavy atom. The number of ether oxygens (including phenoxy) is 1. The lowest BCUT2D eigenvalue weighted by Gasteiger charge is -2.33. The van der Waals surface area contributed by atoms with E-state index in [1.807, 2.05) is 11.8 Å². The third kappa shape index (κ3) is 4.53. The Bertz CT molecular complexity index is 1090. The van der Waals surface area contributed by atoms with Crippen LogP contribution in [0.4, 0.5) is 10.1 Å². The number of hydrogen-bond donors (Lipinski definition) is 0.